The van der Waals surface area contributed by atoms with E-state index < -0.39 is 0 Å². The van der Waals surface area contributed by atoms with Crippen molar-refractivity contribution in [2.24, 2.45) is 5.73 Å². The van der Waals surface area contributed by atoms with Gasteiger partial charge in [-0.3, -0.25) is 0 Å². The number of nitrogens with two attached hydrogens (primary N) is 1. The van der Waals surface area contributed by atoms with Gasteiger partial charge in [-0.05, 0) is 48.7 Å². The number of aryl methyl sites for hydroxylation is 1. The Morgan fingerprint density at radius 3 is 2.25 bits per heavy atom. The molecule has 0 unspecified atom stereocenters. The standard InChI is InChI=1S/C19H24ClNO3/c1-3-14-5-7-16(8-6-14)23-9-10-24-19-17(20)11-15(13-21)12-18(19)22-4-2/h5-8,11-12H,3-4,9-10,13,21H2,1-2H3. The van der Waals surface area contributed by atoms with Gasteiger partial charge >= 0.3 is 0 Å². The van der Waals surface area contributed by atoms with E-state index in [1.165, 1.54) is 5.56 Å². The predicted octanol–water partition coefficient (Wildman–Crippen LogP) is 4.22. The van der Waals surface area contributed by atoms with Crippen LogP contribution in [-0.4, -0.2) is 19.8 Å². The van der Waals surface area contributed by atoms with Gasteiger partial charge in [0.2, 0.25) is 0 Å². The quantitative estimate of drug-likeness (QED) is 0.689. The van der Waals surface area contributed by atoms with Gasteiger partial charge in [-0.1, -0.05) is 30.7 Å². The molecule has 0 aliphatic carbocycles. The Hall–Kier alpha value is -1.91. The highest BCUT2D eigenvalue weighted by atomic mass is 35.5. The van der Waals surface area contributed by atoms with Crippen LogP contribution in [0.5, 0.6) is 17.2 Å². The maximum atomic E-state index is 6.28. The largest absolute Gasteiger partial charge is 0.490 e. The minimum Gasteiger partial charge on any atom is -0.490 e. The molecule has 0 saturated carbocycles. The molecule has 0 aromatic heterocycles. The van der Waals surface area contributed by atoms with Gasteiger partial charge in [0.1, 0.15) is 19.0 Å². The molecule has 5 heteroatoms. The van der Waals surface area contributed by atoms with Crippen molar-refractivity contribution < 1.29 is 14.2 Å². The molecule has 0 aliphatic heterocycles. The van der Waals surface area contributed by atoms with Crippen molar-refractivity contribution >= 4 is 11.6 Å². The summed E-state index contributed by atoms with van der Waals surface area (Å²) in [4.78, 5) is 0. The van der Waals surface area contributed by atoms with E-state index in [0.29, 0.717) is 42.9 Å². The highest BCUT2D eigenvalue weighted by molar-refractivity contribution is 6.32. The zero-order valence-corrected chi connectivity index (χ0v) is 14.9. The van der Waals surface area contributed by atoms with Gasteiger partial charge in [0.05, 0.1) is 11.6 Å². The van der Waals surface area contributed by atoms with Gasteiger partial charge < -0.3 is 19.9 Å². The molecule has 2 rings (SSSR count). The van der Waals surface area contributed by atoms with Crippen molar-refractivity contribution in [2.45, 2.75) is 26.8 Å². The van der Waals surface area contributed by atoms with Crippen LogP contribution in [0.15, 0.2) is 36.4 Å². The second-order valence-corrected chi connectivity index (χ2v) is 5.64. The maximum absolute atomic E-state index is 6.28. The highest BCUT2D eigenvalue weighted by Crippen LogP contribution is 2.36. The first-order valence-electron chi connectivity index (χ1n) is 8.17. The third-order valence-corrected chi connectivity index (χ3v) is 3.82. The summed E-state index contributed by atoms with van der Waals surface area (Å²) < 4.78 is 17.0. The lowest BCUT2D eigenvalue weighted by molar-refractivity contribution is 0.208. The summed E-state index contributed by atoms with van der Waals surface area (Å²) in [5.74, 6) is 1.96. The van der Waals surface area contributed by atoms with Gasteiger partial charge in [-0.25, -0.2) is 0 Å². The number of hydrogen-bond donors (Lipinski definition) is 1. The van der Waals surface area contributed by atoms with E-state index in [1.807, 2.05) is 25.1 Å². The van der Waals surface area contributed by atoms with Crippen LogP contribution in [0.2, 0.25) is 5.02 Å². The molecular formula is C19H24ClNO3. The van der Waals surface area contributed by atoms with Crippen LogP contribution in [0.1, 0.15) is 25.0 Å². The topological polar surface area (TPSA) is 53.7 Å². The third kappa shape index (κ3) is 5.05. The average Bonchev–Trinajstić information content (AvgIpc) is 2.60. The summed E-state index contributed by atoms with van der Waals surface area (Å²) in [5, 5.41) is 0.494. The van der Waals surface area contributed by atoms with E-state index in [1.54, 1.807) is 6.07 Å². The molecular weight excluding hydrogens is 326 g/mol. The zero-order chi connectivity index (χ0) is 17.4. The minimum absolute atomic E-state index is 0.372. The Bertz CT molecular complexity index is 644. The van der Waals surface area contributed by atoms with E-state index in [9.17, 15) is 0 Å². The summed E-state index contributed by atoms with van der Waals surface area (Å²) in [6.45, 7) is 5.76. The molecule has 2 N–H and O–H groups in total. The van der Waals surface area contributed by atoms with Crippen LogP contribution in [0, 0.1) is 0 Å². The fourth-order valence-electron chi connectivity index (χ4n) is 2.27. The number of hydrogen-bond acceptors (Lipinski definition) is 4. The number of benzene rings is 2. The Morgan fingerprint density at radius 2 is 1.62 bits per heavy atom. The molecule has 130 valence electrons. The van der Waals surface area contributed by atoms with Gasteiger partial charge in [0, 0.05) is 6.54 Å². The minimum atomic E-state index is 0.372. The molecule has 24 heavy (non-hydrogen) atoms. The fourth-order valence-corrected chi connectivity index (χ4v) is 2.55. The van der Waals surface area contributed by atoms with E-state index >= 15 is 0 Å². The van der Waals surface area contributed by atoms with Crippen molar-refractivity contribution in [1.29, 1.82) is 0 Å². The number of ether oxygens (including phenoxy) is 3. The molecule has 4 nitrogen and oxygen atoms in total. The Kier molecular flexibility index (Phi) is 7.22. The van der Waals surface area contributed by atoms with Crippen LogP contribution in [-0.2, 0) is 13.0 Å². The smallest absolute Gasteiger partial charge is 0.179 e. The van der Waals surface area contributed by atoms with Gasteiger partial charge in [0.15, 0.2) is 11.5 Å². The van der Waals surface area contributed by atoms with E-state index in [0.717, 1.165) is 17.7 Å². The van der Waals surface area contributed by atoms with Crippen LogP contribution >= 0.6 is 11.6 Å². The van der Waals surface area contributed by atoms with Crippen LogP contribution < -0.4 is 19.9 Å². The molecule has 0 fully saturated rings. The summed E-state index contributed by atoms with van der Waals surface area (Å²) >= 11 is 6.28. The van der Waals surface area contributed by atoms with E-state index in [4.69, 9.17) is 31.5 Å². The molecule has 0 atom stereocenters. The fraction of sp³-hybridized carbons (Fsp3) is 0.368. The molecule has 0 amide bonds. The second kappa shape index (κ2) is 9.40. The lowest BCUT2D eigenvalue weighted by Gasteiger charge is -2.15. The molecule has 0 saturated heterocycles. The predicted molar refractivity (Wildman–Crippen MR) is 97.3 cm³/mol. The summed E-state index contributed by atoms with van der Waals surface area (Å²) in [5.41, 5.74) is 7.86. The van der Waals surface area contributed by atoms with Crippen molar-refractivity contribution in [2.75, 3.05) is 19.8 Å². The monoisotopic (exact) mass is 349 g/mol. The van der Waals surface area contributed by atoms with Gasteiger partial charge in [-0.2, -0.15) is 0 Å². The number of rotatable bonds is 9. The summed E-state index contributed by atoms with van der Waals surface area (Å²) in [6, 6.07) is 11.7. The normalized spacial score (nSPS) is 10.5. The van der Waals surface area contributed by atoms with Crippen LogP contribution in [0.3, 0.4) is 0 Å². The van der Waals surface area contributed by atoms with Crippen molar-refractivity contribution in [3.05, 3.63) is 52.5 Å². The molecule has 0 bridgehead atoms. The van der Waals surface area contributed by atoms with Crippen molar-refractivity contribution in [3.63, 3.8) is 0 Å². The molecule has 0 aliphatic rings. The third-order valence-electron chi connectivity index (χ3n) is 3.53. The summed E-state index contributed by atoms with van der Waals surface area (Å²) in [7, 11) is 0. The summed E-state index contributed by atoms with van der Waals surface area (Å²) in [6.07, 6.45) is 1.01. The van der Waals surface area contributed by atoms with E-state index in [-0.39, 0.29) is 0 Å². The lowest BCUT2D eigenvalue weighted by Crippen LogP contribution is -2.10. The highest BCUT2D eigenvalue weighted by Gasteiger charge is 2.12. The Morgan fingerprint density at radius 1 is 0.917 bits per heavy atom. The lowest BCUT2D eigenvalue weighted by atomic mass is 10.2. The first-order chi connectivity index (χ1) is 11.7. The second-order valence-electron chi connectivity index (χ2n) is 5.24. The van der Waals surface area contributed by atoms with Gasteiger partial charge in [-0.15, -0.1) is 0 Å². The first-order valence-corrected chi connectivity index (χ1v) is 8.55. The van der Waals surface area contributed by atoms with Crippen LogP contribution in [0.25, 0.3) is 0 Å². The van der Waals surface area contributed by atoms with Crippen LogP contribution in [0.4, 0.5) is 0 Å². The van der Waals surface area contributed by atoms with E-state index in [2.05, 4.69) is 19.1 Å². The van der Waals surface area contributed by atoms with Crippen molar-refractivity contribution in [3.8, 4) is 17.2 Å². The SMILES string of the molecule is CCOc1cc(CN)cc(Cl)c1OCCOc1ccc(CC)cc1. The van der Waals surface area contributed by atoms with Crippen molar-refractivity contribution in [1.82, 2.24) is 0 Å². The average molecular weight is 350 g/mol. The number of halogens is 1. The first kappa shape index (κ1) is 18.4. The molecule has 0 radical (unpaired) electrons. The molecule has 0 heterocycles. The Balaban J connectivity index is 1.93. The van der Waals surface area contributed by atoms with Gasteiger partial charge in [0.25, 0.3) is 0 Å². The molecule has 0 spiro atoms. The Labute approximate surface area is 148 Å². The molecule has 2 aromatic carbocycles. The molecule has 2 aromatic rings. The zero-order valence-electron chi connectivity index (χ0n) is 14.2. The maximum Gasteiger partial charge on any atom is 0.179 e.